The lowest BCUT2D eigenvalue weighted by Crippen LogP contribution is -1.94. The van der Waals surface area contributed by atoms with Crippen molar-refractivity contribution in [3.63, 3.8) is 0 Å². The van der Waals surface area contributed by atoms with Gasteiger partial charge in [0.1, 0.15) is 0 Å². The Morgan fingerprint density at radius 2 is 1.83 bits per heavy atom. The van der Waals surface area contributed by atoms with Crippen LogP contribution in [0, 0.1) is 0 Å². The molecule has 0 aliphatic carbocycles. The molecular formula is C14H12N4. The fraction of sp³-hybridized carbons (Fsp3) is 0. The van der Waals surface area contributed by atoms with Crippen LogP contribution in [0.3, 0.4) is 0 Å². The molecule has 0 bridgehead atoms. The Morgan fingerprint density at radius 1 is 1.00 bits per heavy atom. The van der Waals surface area contributed by atoms with E-state index < -0.39 is 0 Å². The van der Waals surface area contributed by atoms with Crippen LogP contribution in [0.15, 0.2) is 61.1 Å². The molecule has 3 aromatic rings. The largest absolute Gasteiger partial charge is 0.397 e. The average Bonchev–Trinajstić information content (AvgIpc) is 2.94. The van der Waals surface area contributed by atoms with Crippen LogP contribution >= 0.6 is 0 Å². The second-order valence-electron chi connectivity index (χ2n) is 3.97. The van der Waals surface area contributed by atoms with Crippen molar-refractivity contribution in [2.75, 3.05) is 5.73 Å². The molecule has 3 rings (SSSR count). The maximum absolute atomic E-state index is 5.62. The Balaban J connectivity index is 1.94. The summed E-state index contributed by atoms with van der Waals surface area (Å²) in [7, 11) is 0. The predicted octanol–water partition coefficient (Wildman–Crippen LogP) is 2.52. The van der Waals surface area contributed by atoms with Gasteiger partial charge in [0.15, 0.2) is 0 Å². The summed E-state index contributed by atoms with van der Waals surface area (Å²) < 4.78 is 1.82. The van der Waals surface area contributed by atoms with Gasteiger partial charge in [0.25, 0.3) is 0 Å². The van der Waals surface area contributed by atoms with Gasteiger partial charge in [0, 0.05) is 18.0 Å². The maximum Gasteiger partial charge on any atom is 0.0703 e. The zero-order chi connectivity index (χ0) is 12.4. The van der Waals surface area contributed by atoms with Crippen LogP contribution in [0.1, 0.15) is 0 Å². The molecule has 0 amide bonds. The lowest BCUT2D eigenvalue weighted by atomic mass is 10.1. The van der Waals surface area contributed by atoms with Crippen molar-refractivity contribution in [3.8, 4) is 16.9 Å². The van der Waals surface area contributed by atoms with Crippen LogP contribution in [0.25, 0.3) is 16.9 Å². The van der Waals surface area contributed by atoms with E-state index in [1.807, 2.05) is 53.3 Å². The first-order chi connectivity index (χ1) is 8.83. The number of aromatic nitrogens is 3. The summed E-state index contributed by atoms with van der Waals surface area (Å²) in [6, 6.07) is 13.7. The molecule has 0 fully saturated rings. The van der Waals surface area contributed by atoms with E-state index in [1.165, 1.54) is 0 Å². The van der Waals surface area contributed by atoms with Gasteiger partial charge in [-0.25, -0.2) is 4.68 Å². The van der Waals surface area contributed by atoms with E-state index in [1.54, 1.807) is 12.4 Å². The summed E-state index contributed by atoms with van der Waals surface area (Å²) in [5.74, 6) is 0. The number of nitrogens with two attached hydrogens (primary N) is 1. The van der Waals surface area contributed by atoms with E-state index in [4.69, 9.17) is 5.73 Å². The Kier molecular flexibility index (Phi) is 2.53. The standard InChI is InChI=1S/C14H12N4/c15-12-4-7-14(16-10-12)11-2-5-13(6-3-11)18-9-1-8-17-18/h1-10H,15H2. The molecule has 0 saturated carbocycles. The number of anilines is 1. The van der Waals surface area contributed by atoms with Crippen LogP contribution in [0.4, 0.5) is 5.69 Å². The van der Waals surface area contributed by atoms with Crippen molar-refractivity contribution in [2.24, 2.45) is 0 Å². The van der Waals surface area contributed by atoms with Crippen molar-refractivity contribution in [1.29, 1.82) is 0 Å². The Hall–Kier alpha value is -2.62. The lowest BCUT2D eigenvalue weighted by molar-refractivity contribution is 0.881. The molecule has 4 heteroatoms. The topological polar surface area (TPSA) is 56.7 Å². The van der Waals surface area contributed by atoms with Gasteiger partial charge < -0.3 is 5.73 Å². The third-order valence-corrected chi connectivity index (χ3v) is 2.72. The van der Waals surface area contributed by atoms with Gasteiger partial charge in [-0.3, -0.25) is 4.98 Å². The molecule has 4 nitrogen and oxygen atoms in total. The fourth-order valence-corrected chi connectivity index (χ4v) is 1.78. The van der Waals surface area contributed by atoms with Crippen LogP contribution in [-0.4, -0.2) is 14.8 Å². The minimum Gasteiger partial charge on any atom is -0.397 e. The van der Waals surface area contributed by atoms with E-state index in [0.29, 0.717) is 5.69 Å². The Bertz CT molecular complexity index is 625. The van der Waals surface area contributed by atoms with Gasteiger partial charge in [-0.2, -0.15) is 5.10 Å². The molecular weight excluding hydrogens is 224 g/mol. The fourth-order valence-electron chi connectivity index (χ4n) is 1.78. The molecule has 0 unspecified atom stereocenters. The Morgan fingerprint density at radius 3 is 2.44 bits per heavy atom. The summed E-state index contributed by atoms with van der Waals surface area (Å²) in [5.41, 5.74) is 9.29. The summed E-state index contributed by atoms with van der Waals surface area (Å²) in [6.45, 7) is 0. The molecule has 0 saturated heterocycles. The van der Waals surface area contributed by atoms with Crippen molar-refractivity contribution < 1.29 is 0 Å². The van der Waals surface area contributed by atoms with E-state index in [0.717, 1.165) is 16.9 Å². The molecule has 1 aromatic carbocycles. The molecule has 88 valence electrons. The quantitative estimate of drug-likeness (QED) is 0.743. The number of rotatable bonds is 2. The number of hydrogen-bond acceptors (Lipinski definition) is 3. The first-order valence-electron chi connectivity index (χ1n) is 5.65. The first kappa shape index (κ1) is 10.5. The zero-order valence-corrected chi connectivity index (χ0v) is 9.69. The average molecular weight is 236 g/mol. The van der Waals surface area contributed by atoms with Gasteiger partial charge in [0.2, 0.25) is 0 Å². The van der Waals surface area contributed by atoms with E-state index in [9.17, 15) is 0 Å². The number of pyridine rings is 1. The van der Waals surface area contributed by atoms with Crippen LogP contribution in [-0.2, 0) is 0 Å². The molecule has 0 aliphatic rings. The highest BCUT2D eigenvalue weighted by molar-refractivity contribution is 5.61. The van der Waals surface area contributed by atoms with E-state index in [-0.39, 0.29) is 0 Å². The molecule has 0 aliphatic heterocycles. The minimum atomic E-state index is 0.673. The van der Waals surface area contributed by atoms with Crippen molar-refractivity contribution in [1.82, 2.24) is 14.8 Å². The second kappa shape index (κ2) is 4.33. The SMILES string of the molecule is Nc1ccc(-c2ccc(-n3cccn3)cc2)nc1. The minimum absolute atomic E-state index is 0.673. The van der Waals surface area contributed by atoms with Gasteiger partial charge in [-0.15, -0.1) is 0 Å². The normalized spacial score (nSPS) is 10.4. The molecule has 2 N–H and O–H groups in total. The summed E-state index contributed by atoms with van der Waals surface area (Å²) >= 11 is 0. The lowest BCUT2D eigenvalue weighted by Gasteiger charge is -2.04. The van der Waals surface area contributed by atoms with Crippen molar-refractivity contribution in [2.45, 2.75) is 0 Å². The summed E-state index contributed by atoms with van der Waals surface area (Å²) in [4.78, 5) is 4.29. The highest BCUT2D eigenvalue weighted by Crippen LogP contribution is 2.19. The van der Waals surface area contributed by atoms with Gasteiger partial charge in [0.05, 0.1) is 23.3 Å². The third kappa shape index (κ3) is 1.96. The number of nitrogens with zero attached hydrogens (tertiary/aromatic N) is 3. The first-order valence-corrected chi connectivity index (χ1v) is 5.65. The molecule has 2 heterocycles. The molecule has 0 radical (unpaired) electrons. The number of benzene rings is 1. The monoisotopic (exact) mass is 236 g/mol. The number of nitrogen functional groups attached to an aromatic ring is 1. The maximum atomic E-state index is 5.62. The van der Waals surface area contributed by atoms with Crippen LogP contribution < -0.4 is 5.73 Å². The highest BCUT2D eigenvalue weighted by atomic mass is 15.3. The molecule has 18 heavy (non-hydrogen) atoms. The smallest absolute Gasteiger partial charge is 0.0703 e. The molecule has 2 aromatic heterocycles. The molecule has 0 spiro atoms. The van der Waals surface area contributed by atoms with Gasteiger partial charge >= 0.3 is 0 Å². The van der Waals surface area contributed by atoms with Crippen LogP contribution in [0.5, 0.6) is 0 Å². The highest BCUT2D eigenvalue weighted by Gasteiger charge is 2.00. The van der Waals surface area contributed by atoms with Crippen LogP contribution in [0.2, 0.25) is 0 Å². The van der Waals surface area contributed by atoms with Gasteiger partial charge in [-0.05, 0) is 30.3 Å². The second-order valence-corrected chi connectivity index (χ2v) is 3.97. The van der Waals surface area contributed by atoms with Gasteiger partial charge in [-0.1, -0.05) is 12.1 Å². The number of hydrogen-bond donors (Lipinski definition) is 1. The molecule has 0 atom stereocenters. The zero-order valence-electron chi connectivity index (χ0n) is 9.69. The van der Waals surface area contributed by atoms with E-state index in [2.05, 4.69) is 10.1 Å². The predicted molar refractivity (Wildman–Crippen MR) is 71.2 cm³/mol. The Labute approximate surface area is 105 Å². The third-order valence-electron chi connectivity index (χ3n) is 2.72. The van der Waals surface area contributed by atoms with Crippen molar-refractivity contribution >= 4 is 5.69 Å². The van der Waals surface area contributed by atoms with Crippen molar-refractivity contribution in [3.05, 3.63) is 61.1 Å². The summed E-state index contributed by atoms with van der Waals surface area (Å²) in [5, 5.41) is 4.19. The van der Waals surface area contributed by atoms with E-state index >= 15 is 0 Å². The summed E-state index contributed by atoms with van der Waals surface area (Å²) in [6.07, 6.45) is 5.34.